The molecule has 0 atom stereocenters. The van der Waals surface area contributed by atoms with E-state index in [4.69, 9.17) is 10.8 Å². The maximum atomic E-state index is 8.72. The topological polar surface area (TPSA) is 89.8 Å². The number of aliphatic hydroxyl groups excluding tert-OH is 1. The van der Waals surface area contributed by atoms with Crippen molar-refractivity contribution < 1.29 is 5.11 Å². The fraction of sp³-hybridized carbons (Fsp3) is 0.375. The van der Waals surface area contributed by atoms with E-state index in [-0.39, 0.29) is 6.61 Å². The Kier molecular flexibility index (Phi) is 2.93. The van der Waals surface area contributed by atoms with E-state index in [0.29, 0.717) is 18.1 Å². The van der Waals surface area contributed by atoms with Gasteiger partial charge in [-0.3, -0.25) is 0 Å². The lowest BCUT2D eigenvalue weighted by atomic mass is 10.3. The van der Waals surface area contributed by atoms with Crippen molar-refractivity contribution in [3.63, 3.8) is 0 Å². The minimum absolute atomic E-state index is 0.0857. The van der Waals surface area contributed by atoms with Crippen molar-refractivity contribution in [2.24, 2.45) is 0 Å². The van der Waals surface area contributed by atoms with Crippen LogP contribution in [0.5, 0.6) is 0 Å². The van der Waals surface area contributed by atoms with Crippen LogP contribution in [0.3, 0.4) is 0 Å². The van der Waals surface area contributed by atoms with Gasteiger partial charge in [-0.05, 0) is 0 Å². The number of nitrogen functional groups attached to an aromatic ring is 1. The highest BCUT2D eigenvalue weighted by atomic mass is 32.1. The number of nitrogens with two attached hydrogens (primary N) is 1. The summed E-state index contributed by atoms with van der Waals surface area (Å²) < 4.78 is 1.68. The third-order valence-electron chi connectivity index (χ3n) is 1.85. The Morgan fingerprint density at radius 1 is 1.47 bits per heavy atom. The Hall–Kier alpha value is -1.47. The first-order chi connectivity index (χ1) is 7.28. The minimum atomic E-state index is 0.0857. The van der Waals surface area contributed by atoms with E-state index >= 15 is 0 Å². The van der Waals surface area contributed by atoms with Crippen LogP contribution < -0.4 is 5.73 Å². The van der Waals surface area contributed by atoms with Crippen molar-refractivity contribution in [1.29, 1.82) is 0 Å². The fourth-order valence-electron chi connectivity index (χ4n) is 1.21. The summed E-state index contributed by atoms with van der Waals surface area (Å²) in [4.78, 5) is 4.12. The first-order valence-corrected chi connectivity index (χ1v) is 5.35. The SMILES string of the molecule is Nc1nc(Cn2cc(CCO)nn2)cs1. The molecule has 0 radical (unpaired) electrons. The summed E-state index contributed by atoms with van der Waals surface area (Å²) in [7, 11) is 0. The smallest absolute Gasteiger partial charge is 0.180 e. The lowest BCUT2D eigenvalue weighted by Crippen LogP contribution is -2.01. The van der Waals surface area contributed by atoms with Crippen LogP contribution >= 0.6 is 11.3 Å². The van der Waals surface area contributed by atoms with Gasteiger partial charge in [0.05, 0.1) is 17.9 Å². The second-order valence-electron chi connectivity index (χ2n) is 3.06. The average molecular weight is 225 g/mol. The lowest BCUT2D eigenvalue weighted by molar-refractivity contribution is 0.298. The minimum Gasteiger partial charge on any atom is -0.396 e. The van der Waals surface area contributed by atoms with E-state index in [1.165, 1.54) is 11.3 Å². The highest BCUT2D eigenvalue weighted by molar-refractivity contribution is 7.13. The third-order valence-corrected chi connectivity index (χ3v) is 2.57. The van der Waals surface area contributed by atoms with Crippen LogP contribution in [0.15, 0.2) is 11.6 Å². The molecule has 15 heavy (non-hydrogen) atoms. The largest absolute Gasteiger partial charge is 0.396 e. The Balaban J connectivity index is 2.04. The van der Waals surface area contributed by atoms with Crippen LogP contribution in [0, 0.1) is 0 Å². The molecule has 0 unspecified atom stereocenters. The predicted octanol–water partition coefficient (Wildman–Crippen LogP) is -0.100. The summed E-state index contributed by atoms with van der Waals surface area (Å²) in [6.45, 7) is 0.647. The number of anilines is 1. The van der Waals surface area contributed by atoms with Crippen molar-refractivity contribution in [3.05, 3.63) is 23.0 Å². The Morgan fingerprint density at radius 3 is 3.00 bits per heavy atom. The van der Waals surface area contributed by atoms with Gasteiger partial charge < -0.3 is 10.8 Å². The van der Waals surface area contributed by atoms with Crippen LogP contribution in [0.25, 0.3) is 0 Å². The van der Waals surface area contributed by atoms with Gasteiger partial charge >= 0.3 is 0 Å². The van der Waals surface area contributed by atoms with E-state index in [9.17, 15) is 0 Å². The molecule has 2 aromatic rings. The zero-order valence-corrected chi connectivity index (χ0v) is 8.81. The number of aliphatic hydroxyl groups is 1. The van der Waals surface area contributed by atoms with Gasteiger partial charge in [-0.2, -0.15) is 0 Å². The van der Waals surface area contributed by atoms with Gasteiger partial charge in [0.15, 0.2) is 5.13 Å². The molecule has 0 bridgehead atoms. The summed E-state index contributed by atoms with van der Waals surface area (Å²) in [6.07, 6.45) is 2.32. The molecule has 0 aliphatic rings. The summed E-state index contributed by atoms with van der Waals surface area (Å²) in [5, 5.41) is 19.0. The number of aromatic nitrogens is 4. The average Bonchev–Trinajstić information content (AvgIpc) is 2.78. The van der Waals surface area contributed by atoms with Gasteiger partial charge in [0.2, 0.25) is 0 Å². The maximum absolute atomic E-state index is 8.72. The Morgan fingerprint density at radius 2 is 2.33 bits per heavy atom. The molecule has 0 saturated carbocycles. The second kappa shape index (κ2) is 4.37. The summed E-state index contributed by atoms with van der Waals surface area (Å²) in [5.41, 5.74) is 7.17. The molecule has 80 valence electrons. The highest BCUT2D eigenvalue weighted by Gasteiger charge is 2.03. The molecule has 0 aliphatic heterocycles. The zero-order valence-electron chi connectivity index (χ0n) is 8.00. The molecule has 0 aliphatic carbocycles. The molecule has 2 aromatic heterocycles. The predicted molar refractivity (Wildman–Crippen MR) is 56.4 cm³/mol. The van der Waals surface area contributed by atoms with Crippen LogP contribution in [0.2, 0.25) is 0 Å². The van der Waals surface area contributed by atoms with Gasteiger partial charge in [-0.25, -0.2) is 9.67 Å². The third kappa shape index (κ3) is 2.51. The van der Waals surface area contributed by atoms with Crippen molar-refractivity contribution in [3.8, 4) is 0 Å². The van der Waals surface area contributed by atoms with Crippen molar-refractivity contribution in [2.75, 3.05) is 12.3 Å². The highest BCUT2D eigenvalue weighted by Crippen LogP contribution is 2.11. The molecular formula is C8H11N5OS. The Labute approximate surface area is 90.4 Å². The summed E-state index contributed by atoms with van der Waals surface area (Å²) >= 11 is 1.41. The number of hydrogen-bond donors (Lipinski definition) is 2. The molecule has 2 heterocycles. The van der Waals surface area contributed by atoms with Crippen LogP contribution in [0.1, 0.15) is 11.4 Å². The molecule has 0 fully saturated rings. The zero-order chi connectivity index (χ0) is 10.7. The number of rotatable bonds is 4. The molecule has 0 aromatic carbocycles. The fourth-order valence-corrected chi connectivity index (χ4v) is 1.76. The van der Waals surface area contributed by atoms with Crippen LogP contribution in [0.4, 0.5) is 5.13 Å². The monoisotopic (exact) mass is 225 g/mol. The Bertz CT molecular complexity index is 438. The van der Waals surface area contributed by atoms with E-state index in [1.807, 2.05) is 5.38 Å². The summed E-state index contributed by atoms with van der Waals surface area (Å²) in [6, 6.07) is 0. The van der Waals surface area contributed by atoms with Crippen molar-refractivity contribution in [2.45, 2.75) is 13.0 Å². The molecule has 6 nitrogen and oxygen atoms in total. The number of thiazole rings is 1. The first kappa shape index (κ1) is 10.1. The molecule has 0 spiro atoms. The van der Waals surface area contributed by atoms with Gasteiger partial charge in [0, 0.05) is 24.6 Å². The number of nitrogens with zero attached hydrogens (tertiary/aromatic N) is 4. The molecule has 2 rings (SSSR count). The van der Waals surface area contributed by atoms with E-state index < -0.39 is 0 Å². The molecular weight excluding hydrogens is 214 g/mol. The van der Waals surface area contributed by atoms with Crippen LogP contribution in [-0.2, 0) is 13.0 Å². The van der Waals surface area contributed by atoms with Crippen LogP contribution in [-0.4, -0.2) is 31.7 Å². The number of hydrogen-bond acceptors (Lipinski definition) is 6. The van der Waals surface area contributed by atoms with Crippen molar-refractivity contribution >= 4 is 16.5 Å². The van der Waals surface area contributed by atoms with Gasteiger partial charge in [0.25, 0.3) is 0 Å². The summed E-state index contributed by atoms with van der Waals surface area (Å²) in [5.74, 6) is 0. The van der Waals surface area contributed by atoms with E-state index in [0.717, 1.165) is 11.4 Å². The quantitative estimate of drug-likeness (QED) is 0.758. The molecule has 0 amide bonds. The van der Waals surface area contributed by atoms with Gasteiger partial charge in [0.1, 0.15) is 0 Å². The van der Waals surface area contributed by atoms with E-state index in [1.54, 1.807) is 10.9 Å². The normalized spacial score (nSPS) is 10.7. The molecule has 0 saturated heterocycles. The molecule has 3 N–H and O–H groups in total. The van der Waals surface area contributed by atoms with E-state index in [2.05, 4.69) is 15.3 Å². The molecule has 7 heteroatoms. The van der Waals surface area contributed by atoms with Gasteiger partial charge in [-0.15, -0.1) is 16.4 Å². The lowest BCUT2D eigenvalue weighted by Gasteiger charge is -1.94. The standard InChI is InChI=1S/C8H11N5OS/c9-8-10-7(5-15-8)4-13-3-6(1-2-14)11-12-13/h3,5,14H,1-2,4H2,(H2,9,10). The van der Waals surface area contributed by atoms with Gasteiger partial charge in [-0.1, -0.05) is 5.21 Å². The second-order valence-corrected chi connectivity index (χ2v) is 3.95. The first-order valence-electron chi connectivity index (χ1n) is 4.47. The van der Waals surface area contributed by atoms with Crippen molar-refractivity contribution in [1.82, 2.24) is 20.0 Å². The maximum Gasteiger partial charge on any atom is 0.180 e.